The van der Waals surface area contributed by atoms with Gasteiger partial charge in [0.25, 0.3) is 0 Å². The van der Waals surface area contributed by atoms with E-state index in [9.17, 15) is 4.79 Å². The minimum atomic E-state index is -0.452. The van der Waals surface area contributed by atoms with Crippen LogP contribution in [0.4, 0.5) is 10.1 Å². The molecule has 32 heavy (non-hydrogen) atoms. The Kier molecular flexibility index (Phi) is 5.23. The standard InChI is InChI=1S/C25H20ClFN4O/c1-2-22(32)31-12-10-30(11-13-31)21-8-9-28-25-20(21)15-29-24(23(25)27)19-5-3-4-16-14-17(26)6-7-18(16)19/h2-9,14-15H,1,10-13H2. The number of rotatable bonds is 3. The van der Waals surface area contributed by atoms with Crippen LogP contribution in [0.1, 0.15) is 0 Å². The summed E-state index contributed by atoms with van der Waals surface area (Å²) in [5.74, 6) is -0.523. The second-order valence-corrected chi connectivity index (χ2v) is 8.14. The van der Waals surface area contributed by atoms with Gasteiger partial charge in [-0.3, -0.25) is 14.8 Å². The quantitative estimate of drug-likeness (QED) is 0.412. The number of halogens is 2. The molecule has 160 valence electrons. The van der Waals surface area contributed by atoms with E-state index < -0.39 is 5.82 Å². The van der Waals surface area contributed by atoms with Gasteiger partial charge in [0.05, 0.1) is 0 Å². The Morgan fingerprint density at radius 2 is 1.88 bits per heavy atom. The van der Waals surface area contributed by atoms with Crippen LogP contribution in [0.5, 0.6) is 0 Å². The highest BCUT2D eigenvalue weighted by molar-refractivity contribution is 6.31. The van der Waals surface area contributed by atoms with E-state index in [0.717, 1.165) is 16.5 Å². The van der Waals surface area contributed by atoms with Crippen LogP contribution in [-0.4, -0.2) is 47.0 Å². The maximum absolute atomic E-state index is 15.7. The van der Waals surface area contributed by atoms with E-state index in [-0.39, 0.29) is 17.1 Å². The zero-order valence-corrected chi connectivity index (χ0v) is 18.0. The van der Waals surface area contributed by atoms with Crippen molar-refractivity contribution in [3.8, 4) is 11.3 Å². The first-order chi connectivity index (χ1) is 15.6. The van der Waals surface area contributed by atoms with Crippen molar-refractivity contribution in [3.63, 3.8) is 0 Å². The summed E-state index contributed by atoms with van der Waals surface area (Å²) in [6.07, 6.45) is 4.64. The molecular weight excluding hydrogens is 427 g/mol. The molecule has 1 fully saturated rings. The topological polar surface area (TPSA) is 49.3 Å². The normalized spacial score (nSPS) is 14.2. The van der Waals surface area contributed by atoms with Gasteiger partial charge in [-0.2, -0.15) is 0 Å². The molecule has 4 aromatic rings. The van der Waals surface area contributed by atoms with E-state index in [1.807, 2.05) is 36.4 Å². The molecule has 0 bridgehead atoms. The lowest BCUT2D eigenvalue weighted by molar-refractivity contribution is -0.126. The Labute approximate surface area is 189 Å². The van der Waals surface area contributed by atoms with Gasteiger partial charge >= 0.3 is 0 Å². The van der Waals surface area contributed by atoms with Crippen LogP contribution in [0.25, 0.3) is 32.9 Å². The molecule has 0 aliphatic carbocycles. The zero-order valence-electron chi connectivity index (χ0n) is 17.3. The highest BCUT2D eigenvalue weighted by Crippen LogP contribution is 2.35. The molecule has 5 nitrogen and oxygen atoms in total. The fourth-order valence-corrected chi connectivity index (χ4v) is 4.47. The molecule has 1 amide bonds. The fraction of sp³-hybridized carbons (Fsp3) is 0.160. The first-order valence-corrected chi connectivity index (χ1v) is 10.7. The summed E-state index contributed by atoms with van der Waals surface area (Å²) >= 11 is 6.12. The number of amides is 1. The highest BCUT2D eigenvalue weighted by Gasteiger charge is 2.23. The smallest absolute Gasteiger partial charge is 0.246 e. The number of fused-ring (bicyclic) bond motifs is 2. The molecular formula is C25H20ClFN4O. The Morgan fingerprint density at radius 1 is 1.06 bits per heavy atom. The van der Waals surface area contributed by atoms with E-state index in [0.29, 0.717) is 42.2 Å². The average Bonchev–Trinajstić information content (AvgIpc) is 2.83. The minimum Gasteiger partial charge on any atom is -0.367 e. The number of anilines is 1. The SMILES string of the molecule is C=CC(=O)N1CCN(c2ccnc3c(F)c(-c4cccc5cc(Cl)ccc45)ncc23)CC1. The molecule has 0 atom stereocenters. The first-order valence-electron chi connectivity index (χ1n) is 10.3. The average molecular weight is 447 g/mol. The Morgan fingerprint density at radius 3 is 2.66 bits per heavy atom. The second-order valence-electron chi connectivity index (χ2n) is 7.70. The van der Waals surface area contributed by atoms with Gasteiger partial charge in [0.15, 0.2) is 5.82 Å². The highest BCUT2D eigenvalue weighted by atomic mass is 35.5. The van der Waals surface area contributed by atoms with Crippen LogP contribution in [-0.2, 0) is 4.79 Å². The third-order valence-electron chi connectivity index (χ3n) is 5.91. The summed E-state index contributed by atoms with van der Waals surface area (Å²) < 4.78 is 15.7. The molecule has 7 heteroatoms. The van der Waals surface area contributed by atoms with Gasteiger partial charge in [0.1, 0.15) is 11.2 Å². The van der Waals surface area contributed by atoms with Crippen molar-refractivity contribution >= 4 is 44.9 Å². The van der Waals surface area contributed by atoms with Crippen LogP contribution < -0.4 is 4.90 Å². The number of benzene rings is 2. The lowest BCUT2D eigenvalue weighted by atomic mass is 10.0. The predicted molar refractivity (Wildman–Crippen MR) is 126 cm³/mol. The fourth-order valence-electron chi connectivity index (χ4n) is 4.28. The van der Waals surface area contributed by atoms with Crippen molar-refractivity contribution in [3.05, 3.63) is 78.4 Å². The van der Waals surface area contributed by atoms with Crippen molar-refractivity contribution in [1.29, 1.82) is 0 Å². The Balaban J connectivity index is 1.56. The van der Waals surface area contributed by atoms with Crippen molar-refractivity contribution in [2.45, 2.75) is 0 Å². The minimum absolute atomic E-state index is 0.0713. The van der Waals surface area contributed by atoms with Gasteiger partial charge in [-0.25, -0.2) is 4.39 Å². The van der Waals surface area contributed by atoms with Gasteiger partial charge in [0.2, 0.25) is 5.91 Å². The van der Waals surface area contributed by atoms with Crippen LogP contribution in [0.3, 0.4) is 0 Å². The molecule has 2 aromatic carbocycles. The summed E-state index contributed by atoms with van der Waals surface area (Å²) in [6.45, 7) is 6.01. The maximum Gasteiger partial charge on any atom is 0.246 e. The van der Waals surface area contributed by atoms with Crippen LogP contribution in [0, 0.1) is 5.82 Å². The van der Waals surface area contributed by atoms with Gasteiger partial charge in [-0.05, 0) is 35.0 Å². The number of nitrogens with zero attached hydrogens (tertiary/aromatic N) is 4. The van der Waals surface area contributed by atoms with E-state index in [1.165, 1.54) is 6.08 Å². The van der Waals surface area contributed by atoms with Gasteiger partial charge < -0.3 is 9.80 Å². The summed E-state index contributed by atoms with van der Waals surface area (Å²) in [5, 5.41) is 3.08. The van der Waals surface area contributed by atoms with Gasteiger partial charge in [-0.1, -0.05) is 42.4 Å². The number of carbonyl (C=O) groups excluding carboxylic acids is 1. The number of aromatic nitrogens is 2. The molecule has 0 unspecified atom stereocenters. The van der Waals surface area contributed by atoms with Crippen molar-refractivity contribution in [2.75, 3.05) is 31.1 Å². The molecule has 1 aliphatic rings. The molecule has 1 saturated heterocycles. The molecule has 2 aromatic heterocycles. The second kappa shape index (κ2) is 8.20. The van der Waals surface area contributed by atoms with Crippen molar-refractivity contribution < 1.29 is 9.18 Å². The van der Waals surface area contributed by atoms with E-state index >= 15 is 4.39 Å². The molecule has 0 N–H and O–H groups in total. The monoisotopic (exact) mass is 446 g/mol. The number of pyridine rings is 2. The number of piperazine rings is 1. The Hall–Kier alpha value is -3.51. The maximum atomic E-state index is 15.7. The molecule has 1 aliphatic heterocycles. The van der Waals surface area contributed by atoms with Crippen LogP contribution in [0.15, 0.2) is 67.5 Å². The van der Waals surface area contributed by atoms with E-state index in [4.69, 9.17) is 11.6 Å². The molecule has 0 saturated carbocycles. The summed E-state index contributed by atoms with van der Waals surface area (Å²) in [5.41, 5.74) is 2.10. The number of hydrogen-bond acceptors (Lipinski definition) is 4. The van der Waals surface area contributed by atoms with Crippen molar-refractivity contribution in [2.24, 2.45) is 0 Å². The zero-order chi connectivity index (χ0) is 22.2. The predicted octanol–water partition coefficient (Wildman–Crippen LogP) is 5.08. The molecule has 0 radical (unpaired) electrons. The molecule has 0 spiro atoms. The van der Waals surface area contributed by atoms with Gasteiger partial charge in [0, 0.05) is 60.2 Å². The van der Waals surface area contributed by atoms with Crippen LogP contribution >= 0.6 is 11.6 Å². The lowest BCUT2D eigenvalue weighted by Crippen LogP contribution is -2.48. The van der Waals surface area contributed by atoms with Crippen molar-refractivity contribution in [1.82, 2.24) is 14.9 Å². The number of carbonyl (C=O) groups is 1. The molecule has 5 rings (SSSR count). The largest absolute Gasteiger partial charge is 0.367 e. The summed E-state index contributed by atoms with van der Waals surface area (Å²) in [6, 6.07) is 13.1. The van der Waals surface area contributed by atoms with Crippen LogP contribution in [0.2, 0.25) is 5.02 Å². The van der Waals surface area contributed by atoms with E-state index in [1.54, 1.807) is 23.4 Å². The van der Waals surface area contributed by atoms with E-state index in [2.05, 4.69) is 21.4 Å². The first kappa shape index (κ1) is 20.4. The third-order valence-corrected chi connectivity index (χ3v) is 6.14. The summed E-state index contributed by atoms with van der Waals surface area (Å²) in [4.78, 5) is 24.6. The lowest BCUT2D eigenvalue weighted by Gasteiger charge is -2.36. The Bertz CT molecular complexity index is 1370. The van der Waals surface area contributed by atoms with Gasteiger partial charge in [-0.15, -0.1) is 0 Å². The molecule has 3 heterocycles. The number of hydrogen-bond donors (Lipinski definition) is 0. The third kappa shape index (κ3) is 3.46. The summed E-state index contributed by atoms with van der Waals surface area (Å²) in [7, 11) is 0.